The molecule has 0 saturated carbocycles. The van der Waals surface area contributed by atoms with Gasteiger partial charge in [0.05, 0.1) is 19.3 Å². The Kier molecular flexibility index (Phi) is 70.3. The number of halogens is 1. The summed E-state index contributed by atoms with van der Waals surface area (Å²) >= 11 is 1.75. The Morgan fingerprint density at radius 3 is 1.27 bits per heavy atom. The third-order valence-electron chi connectivity index (χ3n) is 10.5. The van der Waals surface area contributed by atoms with E-state index >= 15 is 0 Å². The summed E-state index contributed by atoms with van der Waals surface area (Å²) in [4.78, 5) is 5.71. The van der Waals surface area contributed by atoms with Gasteiger partial charge >= 0.3 is 0 Å². The Bertz CT molecular complexity index is 864. The van der Waals surface area contributed by atoms with Crippen molar-refractivity contribution in [3.63, 3.8) is 0 Å². The van der Waals surface area contributed by atoms with E-state index in [0.717, 1.165) is 38.6 Å². The molecule has 60 heavy (non-hydrogen) atoms. The first kappa shape index (κ1) is 65.4. The first-order valence-electron chi connectivity index (χ1n) is 25.2. The van der Waals surface area contributed by atoms with E-state index in [1.165, 1.54) is 167 Å². The van der Waals surface area contributed by atoms with Crippen molar-refractivity contribution in [2.24, 2.45) is 0 Å². The summed E-state index contributed by atoms with van der Waals surface area (Å²) in [5, 5.41) is 18.6. The number of nitrogens with zero attached hydrogens (tertiary/aromatic N) is 1. The largest absolute Gasteiger partial charge is 0.395 e. The zero-order valence-electron chi connectivity index (χ0n) is 41.3. The minimum atomic E-state index is -0.303. The average molecular weight is 869 g/mol. The summed E-state index contributed by atoms with van der Waals surface area (Å²) in [5.41, 5.74) is 0. The summed E-state index contributed by atoms with van der Waals surface area (Å²) in [5.74, 6) is 0. The number of hydrogen-bond acceptors (Lipinski definition) is 5. The van der Waals surface area contributed by atoms with Gasteiger partial charge in [-0.1, -0.05) is 198 Å². The van der Waals surface area contributed by atoms with Crippen LogP contribution in [0.15, 0.2) is 61.3 Å². The molecule has 358 valence electrons. The van der Waals surface area contributed by atoms with Crippen molar-refractivity contribution in [1.82, 2.24) is 4.90 Å². The van der Waals surface area contributed by atoms with Gasteiger partial charge in [0.25, 0.3) is 0 Å². The minimum absolute atomic E-state index is 0.126. The summed E-state index contributed by atoms with van der Waals surface area (Å²) < 4.78 is 11.5. The van der Waals surface area contributed by atoms with Gasteiger partial charge < -0.3 is 15.1 Å². The third-order valence-corrected chi connectivity index (χ3v) is 10.5. The molecule has 0 aliphatic rings. The monoisotopic (exact) mass is 868 g/mol. The van der Waals surface area contributed by atoms with E-state index in [0.29, 0.717) is 6.42 Å². The molecule has 0 heterocycles. The summed E-state index contributed by atoms with van der Waals surface area (Å²) in [6.07, 6.45) is 63.9. The standard InChI is InChI=1S/C20H36O.C19H36.C13H28FNO2.C2H6S/c1-3-5-6-7-8-9-10-11-12-13-14-15-16-17-18-19-20(21)4-2;1-3-5-7-9-11-13-15-17-19-18-16-14-12-10-8-6-4-2;1-3-4-5-6-7-10-15(2)13(12-16)9-8-11-17-14;1-3-2/h4,8-9,11-12,20-21H,2-3,5-7,10,13-19H2,1H3;11,13,17,19H,3-10,12,14-16,18H2,1-2H3;13,16H,3-12H2,1-2H3;1-2H3/b9-8-,12-11-;13-11-,19-17-;;. The number of rotatable bonds is 41. The molecule has 0 aliphatic carbocycles. The lowest BCUT2D eigenvalue weighted by atomic mass is 10.1. The Morgan fingerprint density at radius 2 is 0.883 bits per heavy atom. The van der Waals surface area contributed by atoms with Crippen LogP contribution in [0.2, 0.25) is 0 Å². The van der Waals surface area contributed by atoms with Crippen molar-refractivity contribution in [2.75, 3.05) is 39.3 Å². The highest BCUT2D eigenvalue weighted by Gasteiger charge is 2.12. The quantitative estimate of drug-likeness (QED) is 0.0474. The molecule has 0 aliphatic heterocycles. The molecule has 0 radical (unpaired) electrons. The van der Waals surface area contributed by atoms with Crippen LogP contribution in [0, 0.1) is 0 Å². The maximum Gasteiger partial charge on any atom is 0.0876 e. The van der Waals surface area contributed by atoms with Crippen LogP contribution in [0.1, 0.15) is 233 Å². The van der Waals surface area contributed by atoms with E-state index in [2.05, 4.69) is 92.7 Å². The lowest BCUT2D eigenvalue weighted by Crippen LogP contribution is -2.35. The number of thioether (sulfide) groups is 1. The molecule has 0 aromatic carbocycles. The van der Waals surface area contributed by atoms with Crippen molar-refractivity contribution >= 4 is 11.8 Å². The molecular weight excluding hydrogens is 762 g/mol. The first-order chi connectivity index (χ1) is 29.4. The van der Waals surface area contributed by atoms with Crippen LogP contribution in [-0.4, -0.2) is 66.6 Å². The van der Waals surface area contributed by atoms with Crippen molar-refractivity contribution in [3.8, 4) is 0 Å². The fourth-order valence-corrected chi connectivity index (χ4v) is 6.49. The molecule has 0 bridgehead atoms. The number of aliphatic hydroxyl groups is 2. The van der Waals surface area contributed by atoms with Crippen molar-refractivity contribution in [3.05, 3.63) is 61.3 Å². The normalized spacial score (nSPS) is 12.4. The van der Waals surface area contributed by atoms with E-state index in [1.54, 1.807) is 17.8 Å². The van der Waals surface area contributed by atoms with Crippen LogP contribution in [0.3, 0.4) is 0 Å². The smallest absolute Gasteiger partial charge is 0.0876 e. The molecule has 4 nitrogen and oxygen atoms in total. The number of allylic oxidation sites excluding steroid dienone is 8. The van der Waals surface area contributed by atoms with Crippen LogP contribution in [0.25, 0.3) is 0 Å². The van der Waals surface area contributed by atoms with Crippen LogP contribution in [-0.2, 0) is 4.94 Å². The topological polar surface area (TPSA) is 52.9 Å². The predicted molar refractivity (Wildman–Crippen MR) is 273 cm³/mol. The van der Waals surface area contributed by atoms with E-state index in [9.17, 15) is 14.7 Å². The van der Waals surface area contributed by atoms with Gasteiger partial charge in [0.15, 0.2) is 0 Å². The van der Waals surface area contributed by atoms with Crippen molar-refractivity contribution in [1.29, 1.82) is 0 Å². The van der Waals surface area contributed by atoms with Gasteiger partial charge in [-0.05, 0) is 121 Å². The number of likely N-dealkylation sites (N-methyl/N-ethyl adjacent to an activating group) is 1. The second kappa shape index (κ2) is 64.4. The van der Waals surface area contributed by atoms with Crippen LogP contribution in [0.5, 0.6) is 0 Å². The van der Waals surface area contributed by atoms with Gasteiger partial charge in [0.1, 0.15) is 0 Å². The fourth-order valence-electron chi connectivity index (χ4n) is 6.49. The van der Waals surface area contributed by atoms with E-state index in [1.807, 2.05) is 19.6 Å². The molecule has 0 amide bonds. The van der Waals surface area contributed by atoms with E-state index in [-0.39, 0.29) is 25.4 Å². The fraction of sp³-hybridized carbons (Fsp3) is 0.815. The first-order valence-corrected chi connectivity index (χ1v) is 26.9. The maximum atomic E-state index is 11.5. The van der Waals surface area contributed by atoms with Crippen molar-refractivity contribution < 1.29 is 19.7 Å². The summed E-state index contributed by atoms with van der Waals surface area (Å²) in [6, 6.07) is 0.135. The zero-order chi connectivity index (χ0) is 45.3. The summed E-state index contributed by atoms with van der Waals surface area (Å²) in [6.45, 7) is 13.9. The van der Waals surface area contributed by atoms with Gasteiger partial charge in [0.2, 0.25) is 0 Å². The maximum absolute atomic E-state index is 11.5. The second-order valence-corrected chi connectivity index (χ2v) is 17.3. The Morgan fingerprint density at radius 1 is 0.533 bits per heavy atom. The molecular formula is C54H106FNO3S. The Hall–Kier alpha value is -1.18. The Balaban J connectivity index is -0.000000381. The highest BCUT2D eigenvalue weighted by atomic mass is 32.2. The predicted octanol–water partition coefficient (Wildman–Crippen LogP) is 17.5. The van der Waals surface area contributed by atoms with Crippen LogP contribution in [0.4, 0.5) is 4.53 Å². The van der Waals surface area contributed by atoms with E-state index in [4.69, 9.17) is 0 Å². The third kappa shape index (κ3) is 65.9. The zero-order valence-corrected chi connectivity index (χ0v) is 42.2. The van der Waals surface area contributed by atoms with Gasteiger partial charge in [0, 0.05) is 6.04 Å². The lowest BCUT2D eigenvalue weighted by Gasteiger charge is -2.26. The van der Waals surface area contributed by atoms with Crippen LogP contribution < -0.4 is 0 Å². The molecule has 0 rings (SSSR count). The molecule has 2 N–H and O–H groups in total. The SMILES string of the molecule is C=CC(O)CCCCCCC/C=C\C/C=C\CCCCC.CCCCC/C=C\C/C=C\CCCCCCCCC.CCCCCCCN(C)C(CO)CCCOF.CSC. The molecule has 2 unspecified atom stereocenters. The molecule has 0 spiro atoms. The molecule has 0 aromatic rings. The number of unbranched alkanes of at least 4 members (excludes halogenated alkanes) is 22. The minimum Gasteiger partial charge on any atom is -0.395 e. The van der Waals surface area contributed by atoms with Crippen molar-refractivity contribution in [2.45, 2.75) is 245 Å². The van der Waals surface area contributed by atoms with Gasteiger partial charge in [-0.15, -0.1) is 6.58 Å². The van der Waals surface area contributed by atoms with Gasteiger partial charge in [-0.25, -0.2) is 0 Å². The number of hydrogen-bond donors (Lipinski definition) is 2. The molecule has 0 saturated heterocycles. The Labute approximate surface area is 380 Å². The van der Waals surface area contributed by atoms with E-state index < -0.39 is 0 Å². The molecule has 6 heteroatoms. The van der Waals surface area contributed by atoms with Gasteiger partial charge in [-0.3, -0.25) is 0 Å². The lowest BCUT2D eigenvalue weighted by molar-refractivity contribution is -0.133. The van der Waals surface area contributed by atoms with Gasteiger partial charge in [-0.2, -0.15) is 16.7 Å². The average Bonchev–Trinajstić information content (AvgIpc) is 3.25. The second-order valence-electron chi connectivity index (χ2n) is 16.5. The molecule has 0 fully saturated rings. The summed E-state index contributed by atoms with van der Waals surface area (Å²) in [7, 11) is 2.02. The van der Waals surface area contributed by atoms with Crippen LogP contribution >= 0.6 is 11.8 Å². The molecule has 0 aromatic heterocycles. The highest BCUT2D eigenvalue weighted by molar-refractivity contribution is 7.97. The highest BCUT2D eigenvalue weighted by Crippen LogP contribution is 2.12. The molecule has 2 atom stereocenters. The number of aliphatic hydroxyl groups excluding tert-OH is 2.